The van der Waals surface area contributed by atoms with Crippen LogP contribution in [-0.2, 0) is 10.8 Å². The first-order chi connectivity index (χ1) is 45.9. The maximum absolute atomic E-state index is 4.51. The number of anilines is 6. The second kappa shape index (κ2) is 24.8. The summed E-state index contributed by atoms with van der Waals surface area (Å²) < 4.78 is 0. The molecule has 0 bridgehead atoms. The topological polar surface area (TPSA) is 6.48 Å². The zero-order valence-electron chi connectivity index (χ0n) is 52.4. The lowest BCUT2D eigenvalue weighted by molar-refractivity contribution is 0.457. The zero-order valence-corrected chi connectivity index (χ0v) is 52.4. The van der Waals surface area contributed by atoms with E-state index >= 15 is 0 Å². The fourth-order valence-corrected chi connectivity index (χ4v) is 15.8. The summed E-state index contributed by atoms with van der Waals surface area (Å²) in [4.78, 5) is 4.86. The number of benzene rings is 12. The monoisotopic (exact) mass is 1190 g/mol. The number of allylic oxidation sites excluding steroid dienone is 7. The van der Waals surface area contributed by atoms with Crippen LogP contribution in [0.4, 0.5) is 34.1 Å². The molecule has 12 aromatic rings. The highest BCUT2D eigenvalue weighted by atomic mass is 15.1. The third-order valence-corrected chi connectivity index (χ3v) is 20.0. The Balaban J connectivity index is 0.841. The average molecular weight is 1190 g/mol. The highest BCUT2D eigenvalue weighted by molar-refractivity contribution is 5.84. The van der Waals surface area contributed by atoms with E-state index in [0.29, 0.717) is 0 Å². The van der Waals surface area contributed by atoms with E-state index < -0.39 is 10.8 Å². The smallest absolute Gasteiger partial charge is 0.0526 e. The molecule has 0 spiro atoms. The van der Waals surface area contributed by atoms with Crippen LogP contribution in [0, 0.1) is 11.8 Å². The van der Waals surface area contributed by atoms with E-state index in [-0.39, 0.29) is 23.7 Å². The third-order valence-electron chi connectivity index (χ3n) is 20.0. The SMILES string of the molecule is C=Cc1ccc(C2(c3ccccc3)c3cc(N(c4ccc(-c5ccccc5)cc4)c4ccc(-c5ccc(N(c6ccc(-c7ccccc7)cc6)c6ccc7c(c6)C(c6ccccc6)(c6ccc(C=C)cc6)C(/C=C\C)C7C=C)cc5)cc4)ccc3C3C=CC=CC32)cc1. The van der Waals surface area contributed by atoms with Gasteiger partial charge in [-0.2, -0.15) is 0 Å². The lowest BCUT2D eigenvalue weighted by atomic mass is 9.63. The highest BCUT2D eigenvalue weighted by Crippen LogP contribution is 2.62. The number of hydrogen-bond donors (Lipinski definition) is 0. The van der Waals surface area contributed by atoms with Crippen LogP contribution < -0.4 is 9.80 Å². The van der Waals surface area contributed by atoms with Gasteiger partial charge in [-0.05, 0) is 169 Å². The number of fused-ring (bicyclic) bond motifs is 4. The van der Waals surface area contributed by atoms with Crippen LogP contribution in [0.3, 0.4) is 0 Å². The molecule has 15 rings (SSSR count). The Morgan fingerprint density at radius 3 is 1.09 bits per heavy atom. The van der Waals surface area contributed by atoms with Crippen LogP contribution in [0.2, 0.25) is 0 Å². The van der Waals surface area contributed by atoms with E-state index in [4.69, 9.17) is 0 Å². The molecule has 3 aliphatic carbocycles. The van der Waals surface area contributed by atoms with Gasteiger partial charge in [0.2, 0.25) is 0 Å². The first-order valence-electron chi connectivity index (χ1n) is 32.5. The first-order valence-corrected chi connectivity index (χ1v) is 32.5. The Hall–Kier alpha value is -11.3. The molecule has 6 unspecified atom stereocenters. The van der Waals surface area contributed by atoms with Gasteiger partial charge in [-0.15, -0.1) is 6.58 Å². The van der Waals surface area contributed by atoms with Crippen molar-refractivity contribution in [2.75, 3.05) is 9.80 Å². The van der Waals surface area contributed by atoms with E-state index in [9.17, 15) is 0 Å². The standard InChI is InChI=1S/C91H72N2/c1-5-23-86-82(8-4)84-60-58-80(62-88(84)90(86,72-28-17-11-18-29-72)74-46-34-64(6-2)35-47-74)92(76-50-38-68(39-51-76)66-24-13-9-14-25-66)78-54-42-70(43-55-78)71-44-56-79(57-45-71)93(77-52-40-69(41-53-77)67-26-15-10-16-27-67)81-59-61-85-83-32-21-22-33-87(83)91(89(85)63-81,73-30-19-12-20-31-73)75-48-36-65(7-3)37-49-75/h5-63,82-83,86-87H,2-4H2,1H3/b23-5-. The first kappa shape index (κ1) is 58.1. The number of nitrogens with zero attached hydrogens (tertiary/aromatic N) is 2. The van der Waals surface area contributed by atoms with E-state index in [2.05, 4.69) is 382 Å². The summed E-state index contributed by atoms with van der Waals surface area (Å²) in [5.41, 5.74) is 24.9. The predicted molar refractivity (Wildman–Crippen MR) is 394 cm³/mol. The minimum Gasteiger partial charge on any atom is -0.310 e. The van der Waals surface area contributed by atoms with Gasteiger partial charge >= 0.3 is 0 Å². The molecule has 0 saturated heterocycles. The minimum atomic E-state index is -0.531. The van der Waals surface area contributed by atoms with Gasteiger partial charge in [0.25, 0.3) is 0 Å². The van der Waals surface area contributed by atoms with Crippen molar-refractivity contribution in [3.8, 4) is 33.4 Å². The molecule has 6 atom stereocenters. The molecular formula is C91H72N2. The van der Waals surface area contributed by atoms with Gasteiger partial charge in [0.1, 0.15) is 0 Å². The predicted octanol–water partition coefficient (Wildman–Crippen LogP) is 23.9. The van der Waals surface area contributed by atoms with Crippen molar-refractivity contribution in [2.45, 2.75) is 29.6 Å². The molecule has 2 heteroatoms. The molecule has 446 valence electrons. The Bertz CT molecular complexity index is 4760. The van der Waals surface area contributed by atoms with Crippen molar-refractivity contribution in [1.29, 1.82) is 0 Å². The van der Waals surface area contributed by atoms with E-state index in [0.717, 1.165) is 56.4 Å². The molecule has 0 N–H and O–H groups in total. The number of hydrogen-bond acceptors (Lipinski definition) is 2. The highest BCUT2D eigenvalue weighted by Gasteiger charge is 2.54. The van der Waals surface area contributed by atoms with Crippen LogP contribution in [0.15, 0.2) is 366 Å². The summed E-state index contributed by atoms with van der Waals surface area (Å²) in [5, 5.41) is 0. The normalized spacial score (nSPS) is 19.1. The third kappa shape index (κ3) is 10.1. The Morgan fingerprint density at radius 1 is 0.333 bits per heavy atom. The molecule has 93 heavy (non-hydrogen) atoms. The second-order valence-electron chi connectivity index (χ2n) is 24.8. The van der Waals surface area contributed by atoms with Gasteiger partial charge in [0.05, 0.1) is 10.8 Å². The molecule has 12 aromatic carbocycles. The summed E-state index contributed by atoms with van der Waals surface area (Å²) in [6, 6.07) is 112. The molecule has 0 saturated carbocycles. The molecular weight excluding hydrogens is 1120 g/mol. The quantitative estimate of drug-likeness (QED) is 0.0839. The van der Waals surface area contributed by atoms with Gasteiger partial charge < -0.3 is 9.80 Å². The van der Waals surface area contributed by atoms with Crippen molar-refractivity contribution in [3.05, 3.63) is 421 Å². The molecule has 0 amide bonds. The van der Waals surface area contributed by atoms with Crippen LogP contribution in [0.1, 0.15) is 74.4 Å². The summed E-state index contributed by atoms with van der Waals surface area (Å²) in [6.07, 6.45) is 20.0. The fraction of sp³-hybridized carbons (Fsp3) is 0.0769. The van der Waals surface area contributed by atoms with Crippen molar-refractivity contribution in [1.82, 2.24) is 0 Å². The summed E-state index contributed by atoms with van der Waals surface area (Å²) in [5.74, 6) is 0.507. The molecule has 0 heterocycles. The van der Waals surface area contributed by atoms with E-state index in [1.54, 1.807) is 0 Å². The summed E-state index contributed by atoms with van der Waals surface area (Å²) in [6.45, 7) is 14.9. The fourth-order valence-electron chi connectivity index (χ4n) is 15.8. The summed E-state index contributed by atoms with van der Waals surface area (Å²) in [7, 11) is 0. The van der Waals surface area contributed by atoms with Crippen molar-refractivity contribution >= 4 is 46.3 Å². The number of rotatable bonds is 17. The Morgan fingerprint density at radius 2 is 0.677 bits per heavy atom. The largest absolute Gasteiger partial charge is 0.310 e. The van der Waals surface area contributed by atoms with Crippen molar-refractivity contribution in [3.63, 3.8) is 0 Å². The minimum absolute atomic E-state index is 0.0668. The molecule has 0 aromatic heterocycles. The zero-order chi connectivity index (χ0) is 62.9. The van der Waals surface area contributed by atoms with Crippen molar-refractivity contribution < 1.29 is 0 Å². The van der Waals surface area contributed by atoms with Crippen LogP contribution in [-0.4, -0.2) is 0 Å². The van der Waals surface area contributed by atoms with E-state index in [1.165, 1.54) is 66.8 Å². The van der Waals surface area contributed by atoms with Gasteiger partial charge in [-0.25, -0.2) is 0 Å². The Labute approximate surface area is 548 Å². The Kier molecular flexibility index (Phi) is 15.5. The molecule has 3 aliphatic rings. The van der Waals surface area contributed by atoms with E-state index in [1.807, 2.05) is 12.2 Å². The van der Waals surface area contributed by atoms with Gasteiger partial charge in [0.15, 0.2) is 0 Å². The van der Waals surface area contributed by atoms with Crippen LogP contribution in [0.25, 0.3) is 45.5 Å². The van der Waals surface area contributed by atoms with Crippen molar-refractivity contribution in [2.24, 2.45) is 11.8 Å². The van der Waals surface area contributed by atoms with Gasteiger partial charge in [-0.1, -0.05) is 298 Å². The van der Waals surface area contributed by atoms with Crippen LogP contribution >= 0.6 is 0 Å². The lowest BCUT2D eigenvalue weighted by Gasteiger charge is -2.39. The maximum Gasteiger partial charge on any atom is 0.0526 e. The molecule has 0 aliphatic heterocycles. The van der Waals surface area contributed by atoms with Crippen LogP contribution in [0.5, 0.6) is 0 Å². The molecule has 0 fully saturated rings. The average Bonchev–Trinajstić information content (AvgIpc) is 1.56. The van der Waals surface area contributed by atoms with Gasteiger partial charge in [-0.3, -0.25) is 0 Å². The summed E-state index contributed by atoms with van der Waals surface area (Å²) >= 11 is 0. The maximum atomic E-state index is 4.51. The van der Waals surface area contributed by atoms with Gasteiger partial charge in [0, 0.05) is 57.8 Å². The second-order valence-corrected chi connectivity index (χ2v) is 24.8. The molecule has 2 nitrogen and oxygen atoms in total. The lowest BCUT2D eigenvalue weighted by Crippen LogP contribution is -2.35. The molecule has 0 radical (unpaired) electrons.